The lowest BCUT2D eigenvalue weighted by molar-refractivity contribution is -0.129. The Morgan fingerprint density at radius 1 is 0.925 bits per heavy atom. The predicted molar refractivity (Wildman–Crippen MR) is 156 cm³/mol. The number of amides is 1. The highest BCUT2D eigenvalue weighted by Gasteiger charge is 2.42. The minimum Gasteiger partial charge on any atom is -0.476 e. The number of hydrogen-bond donors (Lipinski definition) is 2. The lowest BCUT2D eigenvalue weighted by Crippen LogP contribution is -2.26. The molecule has 0 saturated heterocycles. The third kappa shape index (κ3) is 3.89. The van der Waals surface area contributed by atoms with Crippen LogP contribution in [0.15, 0.2) is 95.6 Å². The van der Waals surface area contributed by atoms with E-state index in [1.54, 1.807) is 30.3 Å². The Labute approximate surface area is 231 Å². The van der Waals surface area contributed by atoms with E-state index in [1.165, 1.54) is 5.56 Å². The fourth-order valence-electron chi connectivity index (χ4n) is 6.45. The number of aliphatic hydroxyl groups is 1. The second kappa shape index (κ2) is 9.47. The highest BCUT2D eigenvalue weighted by Crippen LogP contribution is 2.52. The summed E-state index contributed by atoms with van der Waals surface area (Å²) >= 11 is 0. The minimum atomic E-state index is -1.23. The van der Waals surface area contributed by atoms with Crippen molar-refractivity contribution in [3.8, 4) is 0 Å². The van der Waals surface area contributed by atoms with Crippen LogP contribution in [0.5, 0.6) is 0 Å². The molecule has 0 radical (unpaired) electrons. The molecule has 1 saturated carbocycles. The number of aliphatic carboxylic acids is 1. The molecule has 7 heteroatoms. The highest BCUT2D eigenvalue weighted by atomic mass is 16.4. The molecule has 0 aromatic heterocycles. The first kappa shape index (κ1) is 24.3. The number of carboxylic acids is 1. The van der Waals surface area contributed by atoms with Crippen molar-refractivity contribution < 1.29 is 19.8 Å². The van der Waals surface area contributed by atoms with Crippen LogP contribution in [-0.4, -0.2) is 33.8 Å². The van der Waals surface area contributed by atoms with Crippen molar-refractivity contribution in [2.24, 2.45) is 5.10 Å². The molecule has 7 nitrogen and oxygen atoms in total. The lowest BCUT2D eigenvalue weighted by atomic mass is 9.95. The maximum atomic E-state index is 13.3. The molecule has 2 aliphatic heterocycles. The van der Waals surface area contributed by atoms with E-state index in [9.17, 15) is 19.8 Å². The summed E-state index contributed by atoms with van der Waals surface area (Å²) in [6.45, 7) is 0.0230. The van der Waals surface area contributed by atoms with E-state index >= 15 is 0 Å². The molecule has 198 valence electrons. The fraction of sp³-hybridized carbons (Fsp3) is 0.182. The van der Waals surface area contributed by atoms with Gasteiger partial charge in [-0.3, -0.25) is 4.79 Å². The van der Waals surface area contributed by atoms with Crippen LogP contribution in [0.3, 0.4) is 0 Å². The lowest BCUT2D eigenvalue weighted by Gasteiger charge is -2.27. The third-order valence-electron chi connectivity index (χ3n) is 8.26. The quantitative estimate of drug-likeness (QED) is 0.310. The summed E-state index contributed by atoms with van der Waals surface area (Å²) in [5.41, 5.74) is 5.54. The van der Waals surface area contributed by atoms with Crippen molar-refractivity contribution in [3.05, 3.63) is 107 Å². The van der Waals surface area contributed by atoms with Crippen molar-refractivity contribution in [1.29, 1.82) is 0 Å². The topological polar surface area (TPSA) is 93.4 Å². The zero-order chi connectivity index (χ0) is 27.4. The minimum absolute atomic E-state index is 0.0230. The molecule has 3 aliphatic rings. The average molecular weight is 530 g/mol. The number of benzene rings is 4. The van der Waals surface area contributed by atoms with Gasteiger partial charge in [0, 0.05) is 23.3 Å². The molecule has 0 spiro atoms. The number of nitrogens with zero attached hydrogens (tertiary/aromatic N) is 3. The van der Waals surface area contributed by atoms with Crippen LogP contribution in [0.25, 0.3) is 16.8 Å². The molecular formula is C33H27N3O4. The molecule has 40 heavy (non-hydrogen) atoms. The molecule has 1 aliphatic carbocycles. The number of carbonyl (C=O) groups is 2. The highest BCUT2D eigenvalue weighted by molar-refractivity contribution is 6.53. The van der Waals surface area contributed by atoms with Gasteiger partial charge in [0.25, 0.3) is 5.91 Å². The van der Waals surface area contributed by atoms with Gasteiger partial charge in [0.15, 0.2) is 5.71 Å². The summed E-state index contributed by atoms with van der Waals surface area (Å²) in [4.78, 5) is 27.7. The Kier molecular flexibility index (Phi) is 5.75. The number of anilines is 3. The van der Waals surface area contributed by atoms with Gasteiger partial charge >= 0.3 is 5.97 Å². The smallest absolute Gasteiger partial charge is 0.357 e. The normalized spacial score (nSPS) is 20.8. The van der Waals surface area contributed by atoms with Crippen molar-refractivity contribution in [1.82, 2.24) is 0 Å². The fourth-order valence-corrected chi connectivity index (χ4v) is 6.45. The maximum absolute atomic E-state index is 13.3. The van der Waals surface area contributed by atoms with Crippen molar-refractivity contribution in [2.75, 3.05) is 9.91 Å². The van der Waals surface area contributed by atoms with E-state index < -0.39 is 11.9 Å². The van der Waals surface area contributed by atoms with Crippen LogP contribution in [0.2, 0.25) is 0 Å². The third-order valence-corrected chi connectivity index (χ3v) is 8.26. The van der Waals surface area contributed by atoms with E-state index in [0.717, 1.165) is 57.5 Å². The van der Waals surface area contributed by atoms with E-state index in [0.29, 0.717) is 17.6 Å². The van der Waals surface area contributed by atoms with Gasteiger partial charge in [0.05, 0.1) is 17.9 Å². The number of rotatable bonds is 5. The van der Waals surface area contributed by atoms with Gasteiger partial charge in [0.1, 0.15) is 0 Å². The number of carbonyl (C=O) groups excluding carboxylic acids is 1. The van der Waals surface area contributed by atoms with Crippen LogP contribution in [0.1, 0.15) is 41.9 Å². The second-order valence-electron chi connectivity index (χ2n) is 10.6. The van der Waals surface area contributed by atoms with Crippen LogP contribution in [0, 0.1) is 0 Å². The molecule has 2 atom stereocenters. The van der Waals surface area contributed by atoms with Gasteiger partial charge in [-0.05, 0) is 88.8 Å². The van der Waals surface area contributed by atoms with E-state index in [4.69, 9.17) is 0 Å². The number of hydrogen-bond acceptors (Lipinski definition) is 5. The average Bonchev–Trinajstić information content (AvgIpc) is 3.66. The Morgan fingerprint density at radius 2 is 1.73 bits per heavy atom. The van der Waals surface area contributed by atoms with Gasteiger partial charge in [-0.2, -0.15) is 10.1 Å². The predicted octanol–water partition coefficient (Wildman–Crippen LogP) is 5.99. The van der Waals surface area contributed by atoms with Crippen LogP contribution < -0.4 is 9.91 Å². The number of para-hydroxylation sites is 1. The molecule has 2 heterocycles. The van der Waals surface area contributed by atoms with Crippen LogP contribution in [0.4, 0.5) is 17.1 Å². The first-order chi connectivity index (χ1) is 19.5. The van der Waals surface area contributed by atoms with Crippen molar-refractivity contribution in [3.63, 3.8) is 0 Å². The van der Waals surface area contributed by atoms with E-state index in [2.05, 4.69) is 46.4 Å². The molecule has 0 bridgehead atoms. The second-order valence-corrected chi connectivity index (χ2v) is 10.6. The van der Waals surface area contributed by atoms with Gasteiger partial charge < -0.3 is 15.1 Å². The van der Waals surface area contributed by atoms with Gasteiger partial charge in [-0.1, -0.05) is 48.9 Å². The maximum Gasteiger partial charge on any atom is 0.357 e. The Balaban J connectivity index is 1.26. The van der Waals surface area contributed by atoms with Crippen LogP contribution >= 0.6 is 0 Å². The van der Waals surface area contributed by atoms with E-state index in [-0.39, 0.29) is 17.9 Å². The molecule has 7 rings (SSSR count). The number of carboxylic acid groups (broad SMARTS) is 1. The number of fused-ring (bicyclic) bond motifs is 4. The number of aliphatic hydroxyl groups excluding tert-OH is 1. The molecule has 1 fully saturated rings. The largest absolute Gasteiger partial charge is 0.476 e. The number of hydrazone groups is 1. The van der Waals surface area contributed by atoms with Crippen molar-refractivity contribution >= 4 is 51.5 Å². The monoisotopic (exact) mass is 529 g/mol. The Bertz CT molecular complexity index is 1740. The zero-order valence-electron chi connectivity index (χ0n) is 21.7. The zero-order valence-corrected chi connectivity index (χ0v) is 21.7. The summed E-state index contributed by atoms with van der Waals surface area (Å²) in [7, 11) is 0. The Hall–Kier alpha value is -4.75. The van der Waals surface area contributed by atoms with Crippen molar-refractivity contribution in [2.45, 2.75) is 37.8 Å². The van der Waals surface area contributed by atoms with Crippen LogP contribution in [-0.2, 0) is 16.2 Å². The molecule has 4 aromatic rings. The van der Waals surface area contributed by atoms with Gasteiger partial charge in [-0.15, -0.1) is 0 Å². The molecular weight excluding hydrogens is 502 g/mol. The first-order valence-corrected chi connectivity index (χ1v) is 13.5. The SMILES string of the molecule is O=C(O)C1=NN(c2ccccc2)C(=O)/C1=C\c1ccc2c(c1)C1CCCC1N2c1ccc2cc(CO)ccc2c1. The summed E-state index contributed by atoms with van der Waals surface area (Å²) in [5.74, 6) is -1.32. The summed E-state index contributed by atoms with van der Waals surface area (Å²) < 4.78 is 0. The molecule has 2 N–H and O–H groups in total. The standard InChI is InChI=1S/C33H27N3O4/c37-19-21-9-11-23-18-25(13-12-22(23)15-21)35-29-8-4-7-26(29)27-16-20(10-14-30(27)35)17-28-31(33(39)40)34-36(32(28)38)24-5-2-1-3-6-24/h1-3,5-6,9-18,26,29,37H,4,7-8,19H2,(H,39,40)/b28-17-. The summed E-state index contributed by atoms with van der Waals surface area (Å²) in [5, 5.41) is 26.8. The van der Waals surface area contributed by atoms with Gasteiger partial charge in [0.2, 0.25) is 0 Å². The molecule has 4 aromatic carbocycles. The summed E-state index contributed by atoms with van der Waals surface area (Å²) in [6.07, 6.45) is 4.98. The van der Waals surface area contributed by atoms with E-state index in [1.807, 2.05) is 24.3 Å². The first-order valence-electron chi connectivity index (χ1n) is 13.5. The van der Waals surface area contributed by atoms with Gasteiger partial charge in [-0.25, -0.2) is 4.79 Å². The Morgan fingerprint density at radius 3 is 2.52 bits per heavy atom. The summed E-state index contributed by atoms with van der Waals surface area (Å²) in [6, 6.07) is 27.9. The molecule has 1 amide bonds. The molecule has 2 unspecified atom stereocenters.